The molecule has 0 aliphatic carbocycles. The molecule has 0 atom stereocenters. The van der Waals surface area contributed by atoms with Crippen molar-refractivity contribution in [2.24, 2.45) is 16.5 Å². The molecule has 0 saturated heterocycles. The highest BCUT2D eigenvalue weighted by molar-refractivity contribution is 8.13. The van der Waals surface area contributed by atoms with Crippen LogP contribution in [-0.2, 0) is 5.75 Å². The van der Waals surface area contributed by atoms with Crippen LogP contribution in [0.4, 0.5) is 0 Å². The average molecular weight is 229 g/mol. The van der Waals surface area contributed by atoms with Gasteiger partial charge in [0.15, 0.2) is 11.1 Å². The maximum atomic E-state index is 7.37. The fraction of sp³-hybridized carbons (Fsp3) is 0.286. The summed E-state index contributed by atoms with van der Waals surface area (Å²) in [6.07, 6.45) is 1.80. The van der Waals surface area contributed by atoms with Crippen LogP contribution in [0.25, 0.3) is 0 Å². The first-order valence-corrected chi connectivity index (χ1v) is 5.60. The molecule has 0 amide bonds. The van der Waals surface area contributed by atoms with Gasteiger partial charge >= 0.3 is 0 Å². The minimum atomic E-state index is -0.0806. The third kappa shape index (κ3) is 3.75. The molecule has 1 heterocycles. The first kappa shape index (κ1) is 11.0. The molecule has 5 N–H and O–H groups in total. The number of nitrogens with zero attached hydrogens (tertiary/aromatic N) is 2. The van der Waals surface area contributed by atoms with Crippen LogP contribution < -0.4 is 11.5 Å². The highest BCUT2D eigenvalue weighted by Gasteiger charge is 2.01. The highest BCUT2D eigenvalue weighted by Crippen LogP contribution is 2.19. The molecule has 14 heavy (non-hydrogen) atoms. The fourth-order valence-corrected chi connectivity index (χ4v) is 2.29. The van der Waals surface area contributed by atoms with Gasteiger partial charge in [0.05, 0.1) is 5.01 Å². The van der Waals surface area contributed by atoms with E-state index in [4.69, 9.17) is 16.9 Å². The van der Waals surface area contributed by atoms with E-state index in [0.29, 0.717) is 5.75 Å². The third-order valence-electron chi connectivity index (χ3n) is 1.25. The molecule has 0 fully saturated rings. The number of aryl methyl sites for hydroxylation is 1. The number of thioether (sulfide) groups is 1. The van der Waals surface area contributed by atoms with E-state index >= 15 is 0 Å². The van der Waals surface area contributed by atoms with Gasteiger partial charge in [-0.3, -0.25) is 5.41 Å². The fourth-order valence-electron chi connectivity index (χ4n) is 0.761. The Hall–Kier alpha value is -1.08. The van der Waals surface area contributed by atoms with Gasteiger partial charge in [-0.15, -0.1) is 11.3 Å². The summed E-state index contributed by atoms with van der Waals surface area (Å²) in [6.45, 7) is 1.94. The number of nitrogens with two attached hydrogens (primary N) is 2. The molecular weight excluding hydrogens is 218 g/mol. The predicted molar refractivity (Wildman–Crippen MR) is 61.7 cm³/mol. The molecule has 0 aliphatic rings. The zero-order valence-corrected chi connectivity index (χ0v) is 9.28. The normalized spacial score (nSPS) is 9.79. The minimum Gasteiger partial charge on any atom is -0.370 e. The van der Waals surface area contributed by atoms with Crippen molar-refractivity contribution in [2.75, 3.05) is 0 Å². The average Bonchev–Trinajstić information content (AvgIpc) is 2.47. The van der Waals surface area contributed by atoms with Gasteiger partial charge in [-0.25, -0.2) is 4.98 Å². The van der Waals surface area contributed by atoms with Crippen LogP contribution in [0, 0.1) is 12.3 Å². The van der Waals surface area contributed by atoms with Crippen LogP contribution in [-0.4, -0.2) is 16.1 Å². The molecule has 1 rings (SSSR count). The minimum absolute atomic E-state index is 0.0806. The second kappa shape index (κ2) is 4.97. The van der Waals surface area contributed by atoms with Gasteiger partial charge in [-0.05, 0) is 6.92 Å². The van der Waals surface area contributed by atoms with Crippen molar-refractivity contribution in [3.05, 3.63) is 16.1 Å². The van der Waals surface area contributed by atoms with Crippen molar-refractivity contribution in [1.29, 1.82) is 5.41 Å². The van der Waals surface area contributed by atoms with Gasteiger partial charge < -0.3 is 11.5 Å². The summed E-state index contributed by atoms with van der Waals surface area (Å²) in [5.41, 5.74) is 10.3. The number of aliphatic imine (C=N–C) groups is 1. The van der Waals surface area contributed by atoms with E-state index in [1.165, 1.54) is 11.8 Å². The number of guanidine groups is 1. The Labute approximate surface area is 90.1 Å². The molecule has 0 aliphatic heterocycles. The molecule has 76 valence electrons. The van der Waals surface area contributed by atoms with E-state index in [1.54, 1.807) is 17.5 Å². The number of hydrogen-bond donors (Lipinski definition) is 3. The first-order valence-electron chi connectivity index (χ1n) is 3.80. The van der Waals surface area contributed by atoms with E-state index in [2.05, 4.69) is 9.98 Å². The van der Waals surface area contributed by atoms with E-state index in [0.717, 1.165) is 9.88 Å². The predicted octanol–water partition coefficient (Wildman–Crippen LogP) is 0.893. The molecule has 5 nitrogen and oxygen atoms in total. The SMILES string of the molecule is Cc1ncc(CSC(=N)N=C(N)N)s1. The van der Waals surface area contributed by atoms with Crippen LogP contribution in [0.1, 0.15) is 9.88 Å². The summed E-state index contributed by atoms with van der Waals surface area (Å²) >= 11 is 2.89. The van der Waals surface area contributed by atoms with Gasteiger partial charge in [0.25, 0.3) is 0 Å². The molecule has 0 bridgehead atoms. The van der Waals surface area contributed by atoms with E-state index in [9.17, 15) is 0 Å². The quantitative estimate of drug-likeness (QED) is 0.518. The monoisotopic (exact) mass is 229 g/mol. The Kier molecular flexibility index (Phi) is 3.90. The lowest BCUT2D eigenvalue weighted by Gasteiger charge is -1.95. The van der Waals surface area contributed by atoms with Crippen molar-refractivity contribution < 1.29 is 0 Å². The standard InChI is InChI=1S/C7H11N5S2/c1-4-11-2-5(14-4)3-13-7(10)12-6(8)9/h2H,3H2,1H3,(H5,8,9,10,12). The molecule has 1 aromatic heterocycles. The molecule has 0 spiro atoms. The number of aromatic nitrogens is 1. The molecule has 0 saturated carbocycles. The largest absolute Gasteiger partial charge is 0.370 e. The Morgan fingerprint density at radius 1 is 1.71 bits per heavy atom. The summed E-state index contributed by atoms with van der Waals surface area (Å²) in [7, 11) is 0. The third-order valence-corrected chi connectivity index (χ3v) is 3.17. The smallest absolute Gasteiger partial charge is 0.193 e. The van der Waals surface area contributed by atoms with Gasteiger partial charge in [0.2, 0.25) is 0 Å². The van der Waals surface area contributed by atoms with Crippen LogP contribution in [0.5, 0.6) is 0 Å². The maximum absolute atomic E-state index is 7.37. The number of amidine groups is 1. The molecule has 0 radical (unpaired) electrons. The highest BCUT2D eigenvalue weighted by atomic mass is 32.2. The van der Waals surface area contributed by atoms with Crippen LogP contribution >= 0.6 is 23.1 Å². The van der Waals surface area contributed by atoms with Gasteiger partial charge in [-0.2, -0.15) is 4.99 Å². The van der Waals surface area contributed by atoms with Crippen molar-refractivity contribution in [3.8, 4) is 0 Å². The van der Waals surface area contributed by atoms with Gasteiger partial charge in [-0.1, -0.05) is 11.8 Å². The zero-order chi connectivity index (χ0) is 10.6. The molecule has 0 unspecified atom stereocenters. The Balaban J connectivity index is 2.41. The van der Waals surface area contributed by atoms with Crippen LogP contribution in [0.3, 0.4) is 0 Å². The Bertz CT molecular complexity index is 353. The Morgan fingerprint density at radius 3 is 2.93 bits per heavy atom. The molecule has 7 heteroatoms. The topological polar surface area (TPSA) is 101 Å². The molecular formula is C7H11N5S2. The summed E-state index contributed by atoms with van der Waals surface area (Å²) < 4.78 is 0. The number of thiazole rings is 1. The zero-order valence-electron chi connectivity index (χ0n) is 7.65. The first-order chi connectivity index (χ1) is 6.58. The maximum Gasteiger partial charge on any atom is 0.193 e. The lowest BCUT2D eigenvalue weighted by atomic mass is 10.6. The number of rotatable bonds is 2. The van der Waals surface area contributed by atoms with Gasteiger partial charge in [0.1, 0.15) is 0 Å². The second-order valence-electron chi connectivity index (χ2n) is 2.48. The van der Waals surface area contributed by atoms with Crippen molar-refractivity contribution in [3.63, 3.8) is 0 Å². The number of hydrogen-bond acceptors (Lipinski definition) is 4. The van der Waals surface area contributed by atoms with E-state index in [-0.39, 0.29) is 11.1 Å². The van der Waals surface area contributed by atoms with E-state index in [1.807, 2.05) is 6.92 Å². The molecule has 1 aromatic rings. The molecule has 0 aromatic carbocycles. The summed E-state index contributed by atoms with van der Waals surface area (Å²) in [4.78, 5) is 8.82. The van der Waals surface area contributed by atoms with Crippen molar-refractivity contribution >= 4 is 34.2 Å². The van der Waals surface area contributed by atoms with Crippen LogP contribution in [0.2, 0.25) is 0 Å². The van der Waals surface area contributed by atoms with Crippen LogP contribution in [0.15, 0.2) is 11.2 Å². The number of nitrogens with one attached hydrogen (secondary N) is 1. The summed E-state index contributed by atoms with van der Waals surface area (Å²) in [5.74, 6) is 0.601. The van der Waals surface area contributed by atoms with E-state index < -0.39 is 0 Å². The van der Waals surface area contributed by atoms with Crippen molar-refractivity contribution in [1.82, 2.24) is 4.98 Å². The summed E-state index contributed by atoms with van der Waals surface area (Å²) in [6, 6.07) is 0. The lowest BCUT2D eigenvalue weighted by molar-refractivity contribution is 1.28. The lowest BCUT2D eigenvalue weighted by Crippen LogP contribution is -2.23. The van der Waals surface area contributed by atoms with Crippen molar-refractivity contribution in [2.45, 2.75) is 12.7 Å². The Morgan fingerprint density at radius 2 is 2.43 bits per heavy atom. The summed E-state index contributed by atoms with van der Waals surface area (Å²) in [5, 5.41) is 8.52. The van der Waals surface area contributed by atoms with Gasteiger partial charge in [0, 0.05) is 16.8 Å². The second-order valence-corrected chi connectivity index (χ2v) is 4.76.